The molecule has 1 nitrogen and oxygen atoms in total. The maximum Gasteiger partial charge on any atom is 0.0461 e. The summed E-state index contributed by atoms with van der Waals surface area (Å²) in [5, 5.41) is 1.41. The Kier molecular flexibility index (Phi) is 7.49. The summed E-state index contributed by atoms with van der Waals surface area (Å²) < 4.78 is 0. The summed E-state index contributed by atoms with van der Waals surface area (Å²) in [7, 11) is 4.26. The molecule has 0 fully saturated rings. The molecule has 0 saturated heterocycles. The molecule has 24 heavy (non-hydrogen) atoms. The Morgan fingerprint density at radius 3 is 2.25 bits per heavy atom. The van der Waals surface area contributed by atoms with Crippen LogP contribution in [0.2, 0.25) is 10.0 Å². The second-order valence-corrected chi connectivity index (χ2v) is 8.51. The molecular formula is C20H25Cl2NS. The van der Waals surface area contributed by atoms with Gasteiger partial charge in [-0.2, -0.15) is 0 Å². The number of thioether (sulfide) groups is 1. The number of nitrogens with zero attached hydrogens (tertiary/aromatic N) is 1. The van der Waals surface area contributed by atoms with Crippen molar-refractivity contribution in [2.45, 2.75) is 30.4 Å². The van der Waals surface area contributed by atoms with Crippen molar-refractivity contribution in [3.8, 4) is 0 Å². The maximum atomic E-state index is 6.24. The lowest BCUT2D eigenvalue weighted by Gasteiger charge is -2.23. The van der Waals surface area contributed by atoms with Crippen molar-refractivity contribution in [2.75, 3.05) is 20.6 Å². The first-order chi connectivity index (χ1) is 11.4. The minimum absolute atomic E-state index is 0.553. The molecule has 0 bridgehead atoms. The lowest BCUT2D eigenvalue weighted by atomic mass is 9.89. The zero-order chi connectivity index (χ0) is 17.7. The predicted octanol–water partition coefficient (Wildman–Crippen LogP) is 6.59. The zero-order valence-electron chi connectivity index (χ0n) is 14.7. The molecule has 2 atom stereocenters. The minimum Gasteiger partial charge on any atom is -0.309 e. The molecule has 0 aliphatic heterocycles. The molecule has 2 aromatic rings. The average Bonchev–Trinajstić information content (AvgIpc) is 2.53. The first kappa shape index (κ1) is 19.7. The van der Waals surface area contributed by atoms with Gasteiger partial charge in [0.25, 0.3) is 0 Å². The summed E-state index contributed by atoms with van der Waals surface area (Å²) in [6, 6.07) is 14.6. The fraction of sp³-hybridized carbons (Fsp3) is 0.400. The minimum atomic E-state index is 0.553. The van der Waals surface area contributed by atoms with Crippen molar-refractivity contribution in [2.24, 2.45) is 5.92 Å². The van der Waals surface area contributed by atoms with E-state index in [9.17, 15) is 0 Å². The molecule has 0 amide bonds. The van der Waals surface area contributed by atoms with Gasteiger partial charge in [-0.25, -0.2) is 0 Å². The van der Waals surface area contributed by atoms with Crippen LogP contribution in [-0.4, -0.2) is 25.5 Å². The highest BCUT2D eigenvalue weighted by Crippen LogP contribution is 2.30. The average molecular weight is 382 g/mol. The Morgan fingerprint density at radius 1 is 1.00 bits per heavy atom. The van der Waals surface area contributed by atoms with Crippen LogP contribution in [0.4, 0.5) is 0 Å². The van der Waals surface area contributed by atoms with Crippen LogP contribution in [0.3, 0.4) is 0 Å². The second-order valence-electron chi connectivity index (χ2n) is 6.62. The van der Waals surface area contributed by atoms with Crippen LogP contribution in [-0.2, 0) is 5.75 Å². The molecule has 0 spiro atoms. The van der Waals surface area contributed by atoms with Crippen molar-refractivity contribution in [1.29, 1.82) is 0 Å². The van der Waals surface area contributed by atoms with E-state index in [0.717, 1.165) is 22.9 Å². The van der Waals surface area contributed by atoms with Gasteiger partial charge in [-0.3, -0.25) is 0 Å². The van der Waals surface area contributed by atoms with E-state index < -0.39 is 0 Å². The molecule has 0 radical (unpaired) electrons. The van der Waals surface area contributed by atoms with Gasteiger partial charge in [-0.1, -0.05) is 55.2 Å². The largest absolute Gasteiger partial charge is 0.309 e. The maximum absolute atomic E-state index is 6.24. The van der Waals surface area contributed by atoms with Crippen molar-refractivity contribution >= 4 is 35.0 Å². The Hall–Kier alpha value is -0.670. The number of hydrogen-bond acceptors (Lipinski definition) is 2. The summed E-state index contributed by atoms with van der Waals surface area (Å²) in [4.78, 5) is 3.51. The van der Waals surface area contributed by atoms with Crippen LogP contribution in [0.1, 0.15) is 30.9 Å². The number of rotatable bonds is 7. The predicted molar refractivity (Wildman–Crippen MR) is 109 cm³/mol. The fourth-order valence-electron chi connectivity index (χ4n) is 2.73. The molecule has 0 aromatic heterocycles. The second kappa shape index (κ2) is 9.15. The third-order valence-electron chi connectivity index (χ3n) is 4.32. The standard InChI is InChI=1S/C20H25Cl2NS/c1-14(12-23(3)4)15(2)16-6-9-19(10-7-16)24-13-17-5-8-18(21)11-20(17)22/h5-11,14-15H,12-13H2,1-4H3. The third-order valence-corrected chi connectivity index (χ3v) is 5.97. The lowest BCUT2D eigenvalue weighted by Crippen LogP contribution is -2.23. The molecule has 130 valence electrons. The summed E-state index contributed by atoms with van der Waals surface area (Å²) in [5.41, 5.74) is 2.52. The van der Waals surface area contributed by atoms with Gasteiger partial charge in [-0.05, 0) is 61.3 Å². The van der Waals surface area contributed by atoms with E-state index in [2.05, 4.69) is 57.1 Å². The summed E-state index contributed by atoms with van der Waals surface area (Å²) in [6.07, 6.45) is 0. The van der Waals surface area contributed by atoms with Crippen LogP contribution in [0.15, 0.2) is 47.4 Å². The van der Waals surface area contributed by atoms with Crippen molar-refractivity contribution < 1.29 is 0 Å². The van der Waals surface area contributed by atoms with Crippen LogP contribution in [0.25, 0.3) is 0 Å². The van der Waals surface area contributed by atoms with Gasteiger partial charge < -0.3 is 4.90 Å². The highest BCUT2D eigenvalue weighted by Gasteiger charge is 2.15. The Morgan fingerprint density at radius 2 is 1.67 bits per heavy atom. The third kappa shape index (κ3) is 5.70. The number of benzene rings is 2. The van der Waals surface area contributed by atoms with E-state index >= 15 is 0 Å². The first-order valence-electron chi connectivity index (χ1n) is 8.18. The van der Waals surface area contributed by atoms with Crippen molar-refractivity contribution in [3.05, 3.63) is 63.6 Å². The van der Waals surface area contributed by atoms with E-state index in [1.807, 2.05) is 12.1 Å². The molecule has 2 rings (SSSR count). The van der Waals surface area contributed by atoms with Crippen LogP contribution in [0, 0.1) is 5.92 Å². The molecule has 4 heteroatoms. The topological polar surface area (TPSA) is 3.24 Å². The first-order valence-corrected chi connectivity index (χ1v) is 9.92. The van der Waals surface area contributed by atoms with Gasteiger partial charge >= 0.3 is 0 Å². The van der Waals surface area contributed by atoms with Crippen molar-refractivity contribution in [1.82, 2.24) is 4.90 Å². The van der Waals surface area contributed by atoms with Crippen molar-refractivity contribution in [3.63, 3.8) is 0 Å². The van der Waals surface area contributed by atoms with Gasteiger partial charge in [0.2, 0.25) is 0 Å². The van der Waals surface area contributed by atoms with Gasteiger partial charge in [0, 0.05) is 27.2 Å². The molecular weight excluding hydrogens is 357 g/mol. The van der Waals surface area contributed by atoms with Crippen LogP contribution in [0.5, 0.6) is 0 Å². The highest BCUT2D eigenvalue weighted by atomic mass is 35.5. The quantitative estimate of drug-likeness (QED) is 0.497. The van der Waals surface area contributed by atoms with E-state index in [1.165, 1.54) is 10.5 Å². The molecule has 0 heterocycles. The molecule has 0 N–H and O–H groups in total. The smallest absolute Gasteiger partial charge is 0.0461 e. The number of halogens is 2. The molecule has 0 aliphatic carbocycles. The van der Waals surface area contributed by atoms with Gasteiger partial charge in [-0.15, -0.1) is 11.8 Å². The summed E-state index contributed by atoms with van der Waals surface area (Å²) in [6.45, 7) is 5.73. The normalized spacial score (nSPS) is 14.0. The summed E-state index contributed by atoms with van der Waals surface area (Å²) in [5.74, 6) is 2.03. The number of hydrogen-bond donors (Lipinski definition) is 0. The lowest BCUT2D eigenvalue weighted by molar-refractivity contribution is 0.313. The van der Waals surface area contributed by atoms with E-state index in [-0.39, 0.29) is 0 Å². The van der Waals surface area contributed by atoms with Crippen LogP contribution < -0.4 is 0 Å². The van der Waals surface area contributed by atoms with E-state index in [1.54, 1.807) is 17.8 Å². The van der Waals surface area contributed by atoms with E-state index in [0.29, 0.717) is 16.9 Å². The Balaban J connectivity index is 1.96. The SMILES string of the molecule is CC(CN(C)C)C(C)c1ccc(SCc2ccc(Cl)cc2Cl)cc1. The van der Waals surface area contributed by atoms with Gasteiger partial charge in [0.05, 0.1) is 0 Å². The molecule has 0 aliphatic rings. The zero-order valence-corrected chi connectivity index (χ0v) is 17.1. The molecule has 2 unspecified atom stereocenters. The van der Waals surface area contributed by atoms with Crippen LogP contribution >= 0.6 is 35.0 Å². The monoisotopic (exact) mass is 381 g/mol. The summed E-state index contributed by atoms with van der Waals surface area (Å²) >= 11 is 14.0. The molecule has 2 aromatic carbocycles. The Bertz CT molecular complexity index is 655. The highest BCUT2D eigenvalue weighted by molar-refractivity contribution is 7.98. The van der Waals surface area contributed by atoms with Gasteiger partial charge in [0.15, 0.2) is 0 Å². The van der Waals surface area contributed by atoms with Gasteiger partial charge in [0.1, 0.15) is 0 Å². The fourth-order valence-corrected chi connectivity index (χ4v) is 4.19. The Labute approximate surface area is 160 Å². The molecule has 0 saturated carbocycles. The van der Waals surface area contributed by atoms with E-state index in [4.69, 9.17) is 23.2 Å².